The maximum Gasteiger partial charge on any atom is 0.115 e. The lowest BCUT2D eigenvalue weighted by Gasteiger charge is -2.01. The largest absolute Gasteiger partial charge is 0.508 e. The molecule has 0 aliphatic carbocycles. The van der Waals surface area contributed by atoms with E-state index in [0.717, 1.165) is 11.1 Å². The molecule has 64 valence electrons. The Morgan fingerprint density at radius 1 is 1.25 bits per heavy atom. The van der Waals surface area contributed by atoms with Gasteiger partial charge in [-0.25, -0.2) is 0 Å². The fourth-order valence-corrected chi connectivity index (χ4v) is 0.958. The molecule has 0 aliphatic rings. The molecule has 1 aromatic carbocycles. The summed E-state index contributed by atoms with van der Waals surface area (Å²) in [4.78, 5) is 0. The molecule has 0 saturated heterocycles. The number of hydrogen-bond acceptors (Lipinski definition) is 2. The molecule has 2 heteroatoms. The Morgan fingerprint density at radius 2 is 1.83 bits per heavy atom. The predicted molar refractivity (Wildman–Crippen MR) is 48.0 cm³/mol. The van der Waals surface area contributed by atoms with Gasteiger partial charge in [-0.3, -0.25) is 0 Å². The first kappa shape index (κ1) is 8.81. The summed E-state index contributed by atoms with van der Waals surface area (Å²) in [7, 11) is 0. The first-order chi connectivity index (χ1) is 5.72. The third-order valence-corrected chi connectivity index (χ3v) is 1.61. The summed E-state index contributed by atoms with van der Waals surface area (Å²) in [5.74, 6) is 0.258. The van der Waals surface area contributed by atoms with E-state index in [1.807, 2.05) is 12.1 Å². The van der Waals surface area contributed by atoms with Crippen molar-refractivity contribution in [1.29, 1.82) is 0 Å². The van der Waals surface area contributed by atoms with E-state index in [0.29, 0.717) is 6.42 Å². The van der Waals surface area contributed by atoms with E-state index in [2.05, 4.69) is 6.58 Å². The predicted octanol–water partition coefficient (Wildman–Crippen LogP) is 1.48. The third kappa shape index (κ3) is 2.40. The molecule has 1 rings (SSSR count). The van der Waals surface area contributed by atoms with Gasteiger partial charge in [0.2, 0.25) is 0 Å². The second-order valence-corrected chi connectivity index (χ2v) is 2.75. The summed E-state index contributed by atoms with van der Waals surface area (Å²) in [6.07, 6.45) is 0.663. The van der Waals surface area contributed by atoms with Gasteiger partial charge in [-0.1, -0.05) is 18.7 Å². The molecule has 0 heterocycles. The van der Waals surface area contributed by atoms with E-state index < -0.39 is 0 Å². The molecule has 12 heavy (non-hydrogen) atoms. The number of hydrogen-bond donors (Lipinski definition) is 2. The molecule has 0 fully saturated rings. The molecule has 0 spiro atoms. The zero-order valence-corrected chi connectivity index (χ0v) is 6.83. The minimum absolute atomic E-state index is 0.0148. The van der Waals surface area contributed by atoms with Crippen molar-refractivity contribution in [2.45, 2.75) is 6.42 Å². The molecule has 0 amide bonds. The molecule has 0 bridgehead atoms. The Morgan fingerprint density at radius 3 is 2.33 bits per heavy atom. The monoisotopic (exact) mass is 164 g/mol. The van der Waals surface area contributed by atoms with Gasteiger partial charge < -0.3 is 10.2 Å². The number of aromatic hydroxyl groups is 1. The van der Waals surface area contributed by atoms with Crippen molar-refractivity contribution in [2.75, 3.05) is 6.61 Å². The van der Waals surface area contributed by atoms with E-state index in [-0.39, 0.29) is 12.4 Å². The Bertz CT molecular complexity index is 262. The van der Waals surface area contributed by atoms with Gasteiger partial charge in [-0.15, -0.1) is 0 Å². The van der Waals surface area contributed by atoms with E-state index in [1.54, 1.807) is 12.1 Å². The Balaban J connectivity index is 2.64. The van der Waals surface area contributed by atoms with Crippen molar-refractivity contribution in [3.63, 3.8) is 0 Å². The SMILES string of the molecule is C=C(CO)Cc1ccc(O)cc1. The molecule has 0 atom stereocenters. The highest BCUT2D eigenvalue weighted by Crippen LogP contribution is 2.12. The molecule has 0 radical (unpaired) electrons. The lowest BCUT2D eigenvalue weighted by atomic mass is 10.1. The molecule has 2 N–H and O–H groups in total. The number of phenolic OH excluding ortho intramolecular Hbond substituents is 1. The number of aliphatic hydroxyl groups is 1. The smallest absolute Gasteiger partial charge is 0.115 e. The normalized spacial score (nSPS) is 9.75. The number of phenols is 1. The number of benzene rings is 1. The highest BCUT2D eigenvalue weighted by molar-refractivity contribution is 5.28. The van der Waals surface area contributed by atoms with E-state index in [4.69, 9.17) is 10.2 Å². The topological polar surface area (TPSA) is 40.5 Å². The van der Waals surface area contributed by atoms with Crippen LogP contribution >= 0.6 is 0 Å². The maximum absolute atomic E-state index is 8.98. The van der Waals surface area contributed by atoms with Crippen LogP contribution in [0.3, 0.4) is 0 Å². The van der Waals surface area contributed by atoms with Gasteiger partial charge in [0, 0.05) is 0 Å². The first-order valence-corrected chi connectivity index (χ1v) is 3.78. The average Bonchev–Trinajstić information content (AvgIpc) is 2.09. The van der Waals surface area contributed by atoms with E-state index >= 15 is 0 Å². The fourth-order valence-electron chi connectivity index (χ4n) is 0.958. The van der Waals surface area contributed by atoms with Crippen LogP contribution in [0.5, 0.6) is 5.75 Å². The number of aliphatic hydroxyl groups excluding tert-OH is 1. The average molecular weight is 164 g/mol. The molecular weight excluding hydrogens is 152 g/mol. The standard InChI is InChI=1S/C10H12O2/c1-8(7-11)6-9-2-4-10(12)5-3-9/h2-5,11-12H,1,6-7H2. The molecule has 0 aliphatic heterocycles. The van der Waals surface area contributed by atoms with Crippen molar-refractivity contribution in [3.05, 3.63) is 42.0 Å². The molecule has 0 unspecified atom stereocenters. The molecule has 0 saturated carbocycles. The van der Waals surface area contributed by atoms with Gasteiger partial charge in [0.1, 0.15) is 5.75 Å². The second kappa shape index (κ2) is 3.93. The van der Waals surface area contributed by atoms with Crippen LogP contribution in [-0.2, 0) is 6.42 Å². The van der Waals surface area contributed by atoms with Crippen molar-refractivity contribution in [2.24, 2.45) is 0 Å². The van der Waals surface area contributed by atoms with Crippen LogP contribution in [0.25, 0.3) is 0 Å². The van der Waals surface area contributed by atoms with Crippen molar-refractivity contribution < 1.29 is 10.2 Å². The summed E-state index contributed by atoms with van der Waals surface area (Å²) in [5.41, 5.74) is 1.83. The van der Waals surface area contributed by atoms with Gasteiger partial charge >= 0.3 is 0 Å². The summed E-state index contributed by atoms with van der Waals surface area (Å²) in [6, 6.07) is 6.88. The molecule has 2 nitrogen and oxygen atoms in total. The summed E-state index contributed by atoms with van der Waals surface area (Å²) in [5, 5.41) is 17.7. The van der Waals surface area contributed by atoms with Gasteiger partial charge in [-0.2, -0.15) is 0 Å². The zero-order chi connectivity index (χ0) is 8.97. The highest BCUT2D eigenvalue weighted by atomic mass is 16.3. The van der Waals surface area contributed by atoms with Gasteiger partial charge in [-0.05, 0) is 29.7 Å². The van der Waals surface area contributed by atoms with Crippen LogP contribution < -0.4 is 0 Å². The van der Waals surface area contributed by atoms with Crippen LogP contribution in [-0.4, -0.2) is 16.8 Å². The van der Waals surface area contributed by atoms with Gasteiger partial charge in [0.25, 0.3) is 0 Å². The molecule has 1 aromatic rings. The van der Waals surface area contributed by atoms with Crippen LogP contribution in [0.4, 0.5) is 0 Å². The summed E-state index contributed by atoms with van der Waals surface area (Å²) < 4.78 is 0. The Hall–Kier alpha value is -1.28. The summed E-state index contributed by atoms with van der Waals surface area (Å²) in [6.45, 7) is 3.69. The van der Waals surface area contributed by atoms with Crippen molar-refractivity contribution in [1.82, 2.24) is 0 Å². The third-order valence-electron chi connectivity index (χ3n) is 1.61. The first-order valence-electron chi connectivity index (χ1n) is 3.78. The van der Waals surface area contributed by atoms with Crippen LogP contribution in [0.1, 0.15) is 5.56 Å². The van der Waals surface area contributed by atoms with E-state index in [9.17, 15) is 0 Å². The zero-order valence-electron chi connectivity index (χ0n) is 6.83. The van der Waals surface area contributed by atoms with Crippen LogP contribution in [0.2, 0.25) is 0 Å². The minimum Gasteiger partial charge on any atom is -0.508 e. The highest BCUT2D eigenvalue weighted by Gasteiger charge is 1.95. The molecular formula is C10H12O2. The van der Waals surface area contributed by atoms with Crippen molar-refractivity contribution in [3.8, 4) is 5.75 Å². The lowest BCUT2D eigenvalue weighted by molar-refractivity contribution is 0.329. The molecule has 0 aromatic heterocycles. The van der Waals surface area contributed by atoms with Crippen LogP contribution in [0, 0.1) is 0 Å². The number of rotatable bonds is 3. The van der Waals surface area contributed by atoms with Gasteiger partial charge in [0.05, 0.1) is 6.61 Å². The summed E-state index contributed by atoms with van der Waals surface area (Å²) >= 11 is 0. The fraction of sp³-hybridized carbons (Fsp3) is 0.200. The van der Waals surface area contributed by atoms with Crippen LogP contribution in [0.15, 0.2) is 36.4 Å². The van der Waals surface area contributed by atoms with E-state index in [1.165, 1.54) is 0 Å². The second-order valence-electron chi connectivity index (χ2n) is 2.75. The lowest BCUT2D eigenvalue weighted by Crippen LogP contribution is -1.93. The Labute approximate surface area is 71.8 Å². The maximum atomic E-state index is 8.98. The van der Waals surface area contributed by atoms with Gasteiger partial charge in [0.15, 0.2) is 0 Å². The van der Waals surface area contributed by atoms with Crippen molar-refractivity contribution >= 4 is 0 Å². The quantitative estimate of drug-likeness (QED) is 0.664. The Kier molecular flexibility index (Phi) is 2.88. The minimum atomic E-state index is 0.0148.